The molecule has 0 aromatic heterocycles. The summed E-state index contributed by atoms with van der Waals surface area (Å²) in [6.07, 6.45) is 7.25. The van der Waals surface area contributed by atoms with E-state index in [1.807, 2.05) is 0 Å². The Hall–Kier alpha value is -0.280. The highest BCUT2D eigenvalue weighted by atomic mass is 35.5. The molecule has 0 fully saturated rings. The highest BCUT2D eigenvalue weighted by Crippen LogP contribution is 2.01. The van der Waals surface area contributed by atoms with Crippen LogP contribution in [0.15, 0.2) is 0 Å². The number of amides is 1. The predicted molar refractivity (Wildman–Crippen MR) is 67.3 cm³/mol. The summed E-state index contributed by atoms with van der Waals surface area (Å²) in [7, 11) is 0. The van der Waals surface area contributed by atoms with Crippen molar-refractivity contribution in [3.63, 3.8) is 0 Å². The zero-order valence-corrected chi connectivity index (χ0v) is 10.6. The van der Waals surface area contributed by atoms with E-state index in [-0.39, 0.29) is 18.3 Å². The van der Waals surface area contributed by atoms with Gasteiger partial charge in [0.1, 0.15) is 0 Å². The van der Waals surface area contributed by atoms with Crippen LogP contribution in [-0.4, -0.2) is 19.0 Å². The highest BCUT2D eigenvalue weighted by Gasteiger charge is 1.99. The lowest BCUT2D eigenvalue weighted by Crippen LogP contribution is -2.23. The molecular formula is C11H25ClN2O. The average molecular weight is 237 g/mol. The van der Waals surface area contributed by atoms with E-state index in [9.17, 15) is 4.79 Å². The Morgan fingerprint density at radius 1 is 1.13 bits per heavy atom. The maximum absolute atomic E-state index is 11.2. The van der Waals surface area contributed by atoms with Gasteiger partial charge < -0.3 is 11.1 Å². The van der Waals surface area contributed by atoms with Crippen molar-refractivity contribution in [2.24, 2.45) is 5.73 Å². The molecule has 4 heteroatoms. The molecule has 0 saturated heterocycles. The molecule has 3 nitrogen and oxygen atoms in total. The average Bonchev–Trinajstić information content (AvgIpc) is 2.18. The summed E-state index contributed by atoms with van der Waals surface area (Å²) >= 11 is 0. The summed E-state index contributed by atoms with van der Waals surface area (Å²) in [5.41, 5.74) is 5.37. The number of unbranched alkanes of at least 4 members (excludes halogenated alkanes) is 4. The number of hydrogen-bond acceptors (Lipinski definition) is 2. The second-order valence-corrected chi connectivity index (χ2v) is 3.66. The van der Waals surface area contributed by atoms with Crippen LogP contribution < -0.4 is 11.1 Å². The van der Waals surface area contributed by atoms with Crippen molar-refractivity contribution in [3.05, 3.63) is 0 Å². The Morgan fingerprint density at radius 2 is 1.80 bits per heavy atom. The van der Waals surface area contributed by atoms with Gasteiger partial charge in [0.25, 0.3) is 0 Å². The number of rotatable bonds is 9. The van der Waals surface area contributed by atoms with Gasteiger partial charge in [-0.15, -0.1) is 12.4 Å². The van der Waals surface area contributed by atoms with Crippen molar-refractivity contribution in [1.82, 2.24) is 5.32 Å². The molecule has 0 heterocycles. The van der Waals surface area contributed by atoms with Crippen LogP contribution in [0.5, 0.6) is 0 Å². The van der Waals surface area contributed by atoms with Crippen LogP contribution in [0.1, 0.15) is 51.9 Å². The van der Waals surface area contributed by atoms with E-state index >= 15 is 0 Å². The summed E-state index contributed by atoms with van der Waals surface area (Å²) < 4.78 is 0. The van der Waals surface area contributed by atoms with E-state index in [1.54, 1.807) is 0 Å². The minimum absolute atomic E-state index is 0. The topological polar surface area (TPSA) is 55.1 Å². The molecule has 1 amide bonds. The third kappa shape index (κ3) is 13.7. The first-order valence-corrected chi connectivity index (χ1v) is 5.78. The second-order valence-electron chi connectivity index (χ2n) is 3.66. The van der Waals surface area contributed by atoms with Crippen LogP contribution >= 0.6 is 12.4 Å². The molecule has 15 heavy (non-hydrogen) atoms. The van der Waals surface area contributed by atoms with Gasteiger partial charge in [0.15, 0.2) is 0 Å². The van der Waals surface area contributed by atoms with Crippen molar-refractivity contribution < 1.29 is 4.79 Å². The first kappa shape index (κ1) is 17.1. The van der Waals surface area contributed by atoms with Crippen molar-refractivity contribution in [3.8, 4) is 0 Å². The summed E-state index contributed by atoms with van der Waals surface area (Å²) in [4.78, 5) is 11.2. The van der Waals surface area contributed by atoms with Gasteiger partial charge in [-0.05, 0) is 25.8 Å². The Morgan fingerprint density at radius 3 is 2.40 bits per heavy atom. The molecular weight excluding hydrogens is 212 g/mol. The lowest BCUT2D eigenvalue weighted by atomic mass is 10.1. The number of carbonyl (C=O) groups is 1. The first-order valence-electron chi connectivity index (χ1n) is 5.78. The molecule has 0 unspecified atom stereocenters. The number of nitrogens with two attached hydrogens (primary N) is 1. The zero-order valence-electron chi connectivity index (χ0n) is 9.76. The fourth-order valence-corrected chi connectivity index (χ4v) is 1.28. The monoisotopic (exact) mass is 236 g/mol. The first-order chi connectivity index (χ1) is 6.81. The Kier molecular flexibility index (Phi) is 15.7. The summed E-state index contributed by atoms with van der Waals surface area (Å²) in [5.74, 6) is 0.200. The molecule has 0 aromatic carbocycles. The second kappa shape index (κ2) is 13.7. The molecule has 0 spiro atoms. The number of carbonyl (C=O) groups excluding carboxylic acids is 1. The minimum Gasteiger partial charge on any atom is -0.356 e. The van der Waals surface area contributed by atoms with E-state index in [4.69, 9.17) is 5.73 Å². The molecule has 0 aliphatic rings. The van der Waals surface area contributed by atoms with Gasteiger partial charge in [0.2, 0.25) is 5.91 Å². The lowest BCUT2D eigenvalue weighted by Gasteiger charge is -2.03. The van der Waals surface area contributed by atoms with E-state index in [0.29, 0.717) is 6.42 Å². The Labute approximate surface area is 99.6 Å². The molecule has 0 saturated carbocycles. The fraction of sp³-hybridized carbons (Fsp3) is 0.909. The summed E-state index contributed by atoms with van der Waals surface area (Å²) in [6, 6.07) is 0. The van der Waals surface area contributed by atoms with Crippen LogP contribution in [0.3, 0.4) is 0 Å². The van der Waals surface area contributed by atoms with E-state index in [0.717, 1.165) is 51.6 Å². The van der Waals surface area contributed by atoms with Crippen molar-refractivity contribution in [2.45, 2.75) is 51.9 Å². The summed E-state index contributed by atoms with van der Waals surface area (Å²) in [5, 5.41) is 2.91. The van der Waals surface area contributed by atoms with Crippen molar-refractivity contribution >= 4 is 18.3 Å². The fourth-order valence-electron chi connectivity index (χ4n) is 1.28. The Balaban J connectivity index is 0. The molecule has 0 bridgehead atoms. The summed E-state index contributed by atoms with van der Waals surface area (Å²) in [6.45, 7) is 3.72. The smallest absolute Gasteiger partial charge is 0.219 e. The van der Waals surface area contributed by atoms with Crippen molar-refractivity contribution in [1.29, 1.82) is 0 Å². The van der Waals surface area contributed by atoms with E-state index < -0.39 is 0 Å². The van der Waals surface area contributed by atoms with Crippen molar-refractivity contribution in [2.75, 3.05) is 13.1 Å². The van der Waals surface area contributed by atoms with E-state index in [1.165, 1.54) is 0 Å². The molecule has 3 N–H and O–H groups in total. The predicted octanol–water partition coefficient (Wildman–Crippen LogP) is 2.23. The molecule has 0 rings (SSSR count). The molecule has 0 aromatic rings. The SMILES string of the molecule is CCCCNC(=O)CCCCCCN.Cl. The van der Waals surface area contributed by atoms with Gasteiger partial charge in [-0.1, -0.05) is 26.2 Å². The lowest BCUT2D eigenvalue weighted by molar-refractivity contribution is -0.121. The molecule has 0 atom stereocenters. The van der Waals surface area contributed by atoms with Crippen LogP contribution in [0.25, 0.3) is 0 Å². The number of hydrogen-bond donors (Lipinski definition) is 2. The van der Waals surface area contributed by atoms with Gasteiger partial charge >= 0.3 is 0 Å². The normalized spacial score (nSPS) is 9.47. The number of nitrogens with one attached hydrogen (secondary N) is 1. The van der Waals surface area contributed by atoms with Crippen LogP contribution in [0.2, 0.25) is 0 Å². The standard InChI is InChI=1S/C11H24N2O.ClH/c1-2-3-10-13-11(14)8-6-4-5-7-9-12;/h2-10,12H2,1H3,(H,13,14);1H. The van der Waals surface area contributed by atoms with Gasteiger partial charge in [-0.3, -0.25) is 4.79 Å². The van der Waals surface area contributed by atoms with Crippen LogP contribution in [-0.2, 0) is 4.79 Å². The maximum atomic E-state index is 11.2. The third-order valence-electron chi connectivity index (χ3n) is 2.21. The molecule has 92 valence electrons. The quantitative estimate of drug-likeness (QED) is 0.604. The van der Waals surface area contributed by atoms with Gasteiger partial charge in [0.05, 0.1) is 0 Å². The zero-order chi connectivity index (χ0) is 10.6. The van der Waals surface area contributed by atoms with Gasteiger partial charge in [0, 0.05) is 13.0 Å². The van der Waals surface area contributed by atoms with Gasteiger partial charge in [-0.2, -0.15) is 0 Å². The molecule has 0 radical (unpaired) electrons. The van der Waals surface area contributed by atoms with E-state index in [2.05, 4.69) is 12.2 Å². The van der Waals surface area contributed by atoms with Crippen LogP contribution in [0, 0.1) is 0 Å². The molecule has 0 aliphatic carbocycles. The third-order valence-corrected chi connectivity index (χ3v) is 2.21. The molecule has 0 aliphatic heterocycles. The Bertz CT molecular complexity index is 143. The highest BCUT2D eigenvalue weighted by molar-refractivity contribution is 5.85. The van der Waals surface area contributed by atoms with Crippen LogP contribution in [0.4, 0.5) is 0 Å². The van der Waals surface area contributed by atoms with Gasteiger partial charge in [-0.25, -0.2) is 0 Å². The minimum atomic E-state index is 0. The number of halogens is 1. The maximum Gasteiger partial charge on any atom is 0.219 e. The largest absolute Gasteiger partial charge is 0.356 e.